The van der Waals surface area contributed by atoms with Gasteiger partial charge in [0.2, 0.25) is 17.7 Å². The minimum Gasteiger partial charge on any atom is -0.497 e. The lowest BCUT2D eigenvalue weighted by Crippen LogP contribution is -2.57. The van der Waals surface area contributed by atoms with Gasteiger partial charge in [-0.2, -0.15) is 0 Å². The molecule has 8 rings (SSSR count). The van der Waals surface area contributed by atoms with Crippen molar-refractivity contribution in [1.82, 2.24) is 30.2 Å². The Labute approximate surface area is 358 Å². The molecule has 4 aromatic rings. The van der Waals surface area contributed by atoms with E-state index >= 15 is 0 Å². The third-order valence-corrected chi connectivity index (χ3v) is 13.7. The Hall–Kier alpha value is -5.75. The average molecular weight is 871 g/mol. The number of amides is 4. The van der Waals surface area contributed by atoms with E-state index in [0.717, 1.165) is 30.8 Å². The predicted molar refractivity (Wildman–Crippen MR) is 231 cm³/mol. The van der Waals surface area contributed by atoms with Crippen LogP contribution in [0.4, 0.5) is 10.8 Å². The van der Waals surface area contributed by atoms with Crippen LogP contribution in [0.15, 0.2) is 71.0 Å². The Balaban J connectivity index is 1.10. The van der Waals surface area contributed by atoms with Gasteiger partial charge in [-0.25, -0.2) is 23.1 Å². The molecule has 2 aromatic heterocycles. The first kappa shape index (κ1) is 42.0. The largest absolute Gasteiger partial charge is 0.497 e. The summed E-state index contributed by atoms with van der Waals surface area (Å²) in [6, 6.07) is 11.8. The fourth-order valence-corrected chi connectivity index (χ4v) is 10.3. The third kappa shape index (κ3) is 9.00. The monoisotopic (exact) mass is 870 g/mol. The molecule has 2 aromatic carbocycles. The Morgan fingerprint density at radius 1 is 1.05 bits per heavy atom. The number of methoxy groups -OCH3 is 1. The molecule has 1 unspecified atom stereocenters. The lowest BCUT2D eigenvalue weighted by atomic mass is 10.1. The summed E-state index contributed by atoms with van der Waals surface area (Å²) in [7, 11) is -2.80. The number of hydrogen-bond acceptors (Lipinski definition) is 13. The molecule has 322 valence electrons. The number of anilines is 2. The summed E-state index contributed by atoms with van der Waals surface area (Å²) in [5.74, 6) is -1.65. The standard InChI is InChI=1S/C43H50N8O8S2/c1-25(2)45-42-48-34(24-60-42)33-21-36(29-15-14-27(58-3)19-32(29)46-33)59-28-20-35(51(23-28)40(54)31-16-17-38(52)47-31)39(53)49-43-22-26(43)11-7-5-4-6-10-18-44-30-12-8-9-13-37(30)61(56,57)50-41(43)55/h7-9,11-15,19,21,24-26,28,31,35,44H,4-6,10,16-18,20,22-23H2,1-3H3,(H,45,48)(H,47,52)(H,49,53)(H,50,55)/b11-7-/t26-,28-,31?,35+,43-/m1/s1. The van der Waals surface area contributed by atoms with E-state index in [1.165, 1.54) is 22.3 Å². The molecular weight excluding hydrogens is 821 g/mol. The number of allylic oxidation sites excluding steroid dienone is 1. The van der Waals surface area contributed by atoms with Crippen molar-refractivity contribution in [2.75, 3.05) is 30.8 Å². The van der Waals surface area contributed by atoms with E-state index in [0.29, 0.717) is 46.0 Å². The van der Waals surface area contributed by atoms with E-state index in [1.807, 2.05) is 37.4 Å². The SMILES string of the molecule is COc1ccc2c(O[C@@H]3C[C@@H](C(=O)N[C@]45C[C@H]4/C=C\CCCCCNc4ccccc4S(=O)(=O)NC5=O)N(C(=O)C4CCC(=O)N4)C3)cc(-c3csc(NC(C)C)n3)nc2c1. The molecule has 16 nitrogen and oxygen atoms in total. The van der Waals surface area contributed by atoms with E-state index in [4.69, 9.17) is 19.4 Å². The number of hydrogen-bond donors (Lipinski definition) is 5. The number of likely N-dealkylation sites (tertiary alicyclic amines) is 1. The number of nitrogens with zero attached hydrogens (tertiary/aromatic N) is 3. The zero-order valence-electron chi connectivity index (χ0n) is 34.2. The lowest BCUT2D eigenvalue weighted by molar-refractivity contribution is -0.141. The van der Waals surface area contributed by atoms with E-state index in [2.05, 4.69) is 26.0 Å². The third-order valence-electron chi connectivity index (χ3n) is 11.5. The normalized spacial score (nSPS) is 25.5. The Morgan fingerprint density at radius 3 is 2.67 bits per heavy atom. The second kappa shape index (κ2) is 17.3. The summed E-state index contributed by atoms with van der Waals surface area (Å²) in [6.07, 6.45) is 7.18. The number of carbonyl (C=O) groups is 4. The molecule has 1 aliphatic carbocycles. The average Bonchev–Trinajstić information content (AvgIpc) is 3.60. The molecule has 4 amide bonds. The lowest BCUT2D eigenvalue weighted by Gasteiger charge is -2.28. The number of benzene rings is 2. The molecule has 2 saturated heterocycles. The maximum absolute atomic E-state index is 14.6. The number of fused-ring (bicyclic) bond motifs is 3. The highest BCUT2D eigenvalue weighted by Gasteiger charge is 2.62. The second-order valence-corrected chi connectivity index (χ2v) is 18.8. The van der Waals surface area contributed by atoms with Gasteiger partial charge in [0.25, 0.3) is 15.9 Å². The Morgan fingerprint density at radius 2 is 1.89 bits per heavy atom. The minimum absolute atomic E-state index is 0.00154. The number of para-hydroxylation sites is 1. The van der Waals surface area contributed by atoms with Crippen LogP contribution in [-0.2, 0) is 29.2 Å². The van der Waals surface area contributed by atoms with E-state index < -0.39 is 57.4 Å². The van der Waals surface area contributed by atoms with E-state index in [-0.39, 0.29) is 49.1 Å². The molecule has 3 aliphatic heterocycles. The molecule has 5 heterocycles. The fourth-order valence-electron chi connectivity index (χ4n) is 8.24. The van der Waals surface area contributed by atoms with Crippen LogP contribution >= 0.6 is 11.3 Å². The van der Waals surface area contributed by atoms with Gasteiger partial charge in [0, 0.05) is 54.2 Å². The highest BCUT2D eigenvalue weighted by molar-refractivity contribution is 7.90. The predicted octanol–water partition coefficient (Wildman–Crippen LogP) is 4.74. The van der Waals surface area contributed by atoms with Crippen molar-refractivity contribution < 1.29 is 37.1 Å². The molecule has 0 radical (unpaired) electrons. The van der Waals surface area contributed by atoms with Crippen LogP contribution in [0.25, 0.3) is 22.3 Å². The molecule has 5 N–H and O–H groups in total. The van der Waals surface area contributed by atoms with Crippen LogP contribution in [0.5, 0.6) is 11.5 Å². The fraction of sp³-hybridized carbons (Fsp3) is 0.442. The van der Waals surface area contributed by atoms with Crippen molar-refractivity contribution >= 4 is 66.7 Å². The van der Waals surface area contributed by atoms with Gasteiger partial charge < -0.3 is 35.6 Å². The zero-order valence-corrected chi connectivity index (χ0v) is 35.9. The summed E-state index contributed by atoms with van der Waals surface area (Å²) >= 11 is 1.45. The molecule has 5 atom stereocenters. The Kier molecular flexibility index (Phi) is 11.9. The maximum Gasteiger partial charge on any atom is 0.266 e. The van der Waals surface area contributed by atoms with Crippen LogP contribution in [0.2, 0.25) is 0 Å². The molecule has 18 heteroatoms. The highest BCUT2D eigenvalue weighted by Crippen LogP contribution is 2.46. The van der Waals surface area contributed by atoms with Crippen molar-refractivity contribution in [1.29, 1.82) is 0 Å². The maximum atomic E-state index is 14.6. The van der Waals surface area contributed by atoms with Gasteiger partial charge >= 0.3 is 0 Å². The van der Waals surface area contributed by atoms with Crippen molar-refractivity contribution in [2.45, 2.75) is 99.9 Å². The summed E-state index contributed by atoms with van der Waals surface area (Å²) < 4.78 is 42.0. The van der Waals surface area contributed by atoms with Crippen molar-refractivity contribution in [3.05, 3.63) is 66.1 Å². The van der Waals surface area contributed by atoms with Crippen LogP contribution in [0.1, 0.15) is 65.2 Å². The smallest absolute Gasteiger partial charge is 0.266 e. The summed E-state index contributed by atoms with van der Waals surface area (Å²) in [6.45, 7) is 4.62. The van der Waals surface area contributed by atoms with Gasteiger partial charge in [0.05, 0.1) is 30.6 Å². The molecule has 3 fully saturated rings. The summed E-state index contributed by atoms with van der Waals surface area (Å²) in [4.78, 5) is 66.2. The number of pyridine rings is 1. The number of sulfonamides is 1. The first-order valence-corrected chi connectivity index (χ1v) is 23.1. The van der Waals surface area contributed by atoms with Gasteiger partial charge in [0.1, 0.15) is 45.8 Å². The van der Waals surface area contributed by atoms with Gasteiger partial charge in [-0.1, -0.05) is 30.7 Å². The topological polar surface area (TPSA) is 210 Å². The number of nitrogens with one attached hydrogen (secondary N) is 5. The number of rotatable bonds is 9. The zero-order chi connectivity index (χ0) is 42.9. The number of thiazole rings is 1. The van der Waals surface area contributed by atoms with Gasteiger partial charge in [-0.05, 0) is 70.2 Å². The molecule has 0 bridgehead atoms. The first-order chi connectivity index (χ1) is 29.3. The van der Waals surface area contributed by atoms with Gasteiger partial charge in [-0.3, -0.25) is 19.2 Å². The molecule has 4 aliphatic rings. The van der Waals surface area contributed by atoms with Crippen molar-refractivity contribution in [3.8, 4) is 22.9 Å². The second-order valence-electron chi connectivity index (χ2n) is 16.3. The summed E-state index contributed by atoms with van der Waals surface area (Å²) in [5.41, 5.74) is 0.548. The molecule has 61 heavy (non-hydrogen) atoms. The van der Waals surface area contributed by atoms with Crippen LogP contribution in [0, 0.1) is 5.92 Å². The number of carbonyl (C=O) groups excluding carboxylic acids is 4. The molecular formula is C43H50N8O8S2. The summed E-state index contributed by atoms with van der Waals surface area (Å²) in [5, 5.41) is 15.5. The van der Waals surface area contributed by atoms with Crippen LogP contribution in [-0.4, -0.2) is 96.9 Å². The van der Waals surface area contributed by atoms with Crippen LogP contribution in [0.3, 0.4) is 0 Å². The number of ether oxygens (including phenoxy) is 2. The first-order valence-electron chi connectivity index (χ1n) is 20.7. The van der Waals surface area contributed by atoms with E-state index in [1.54, 1.807) is 43.5 Å². The molecule has 1 saturated carbocycles. The quantitative estimate of drug-likeness (QED) is 0.145. The minimum atomic E-state index is -4.36. The van der Waals surface area contributed by atoms with Crippen LogP contribution < -0.4 is 35.5 Å². The Bertz CT molecular complexity index is 2490. The number of aromatic nitrogens is 2. The van der Waals surface area contributed by atoms with E-state index in [9.17, 15) is 27.6 Å². The van der Waals surface area contributed by atoms with Gasteiger partial charge in [-0.15, -0.1) is 11.3 Å². The highest BCUT2D eigenvalue weighted by atomic mass is 32.2. The van der Waals surface area contributed by atoms with Gasteiger partial charge in [0.15, 0.2) is 5.13 Å². The van der Waals surface area contributed by atoms with Crippen molar-refractivity contribution in [2.24, 2.45) is 5.92 Å². The van der Waals surface area contributed by atoms with Crippen molar-refractivity contribution in [3.63, 3.8) is 0 Å². The molecule has 0 spiro atoms.